The van der Waals surface area contributed by atoms with Gasteiger partial charge in [0.25, 0.3) is 5.91 Å². The Bertz CT molecular complexity index is 642. The number of halogens is 1. The third-order valence-corrected chi connectivity index (χ3v) is 4.30. The second kappa shape index (κ2) is 4.70. The van der Waals surface area contributed by atoms with Crippen molar-refractivity contribution in [3.8, 4) is 0 Å². The first-order chi connectivity index (χ1) is 9.47. The number of piperidine rings is 1. The van der Waals surface area contributed by atoms with Gasteiger partial charge in [-0.15, -0.1) is 0 Å². The summed E-state index contributed by atoms with van der Waals surface area (Å²) in [6.07, 6.45) is 0.670. The van der Waals surface area contributed by atoms with Gasteiger partial charge < -0.3 is 4.90 Å². The molecule has 1 N–H and O–H groups in total. The number of imide groups is 1. The second-order valence-electron chi connectivity index (χ2n) is 5.15. The van der Waals surface area contributed by atoms with Crippen molar-refractivity contribution in [2.75, 3.05) is 0 Å². The molecule has 0 radical (unpaired) electrons. The quantitative estimate of drug-likeness (QED) is 0.790. The molecular weight excluding hydrogens is 324 g/mol. The number of fused-ring (bicyclic) bond motifs is 1. The van der Waals surface area contributed by atoms with Crippen LogP contribution >= 0.6 is 15.9 Å². The van der Waals surface area contributed by atoms with Gasteiger partial charge in [0.1, 0.15) is 6.04 Å². The van der Waals surface area contributed by atoms with Crippen LogP contribution in [0.1, 0.15) is 34.3 Å². The van der Waals surface area contributed by atoms with E-state index < -0.39 is 6.04 Å². The highest BCUT2D eigenvalue weighted by molar-refractivity contribution is 9.10. The molecule has 1 aromatic carbocycles. The van der Waals surface area contributed by atoms with Crippen molar-refractivity contribution in [1.29, 1.82) is 0 Å². The molecular formula is C14H13BrN2O3. The third kappa shape index (κ3) is 2.04. The Balaban J connectivity index is 1.92. The smallest absolute Gasteiger partial charge is 0.255 e. The summed E-state index contributed by atoms with van der Waals surface area (Å²) >= 11 is 3.38. The first kappa shape index (κ1) is 13.3. The van der Waals surface area contributed by atoms with Crippen molar-refractivity contribution in [3.05, 3.63) is 33.3 Å². The summed E-state index contributed by atoms with van der Waals surface area (Å²) in [6, 6.07) is 3.20. The Morgan fingerprint density at radius 1 is 1.30 bits per heavy atom. The molecule has 20 heavy (non-hydrogen) atoms. The van der Waals surface area contributed by atoms with E-state index in [9.17, 15) is 14.4 Å². The van der Waals surface area contributed by atoms with Crippen LogP contribution < -0.4 is 5.32 Å². The minimum absolute atomic E-state index is 0.140. The molecule has 5 nitrogen and oxygen atoms in total. The average molecular weight is 337 g/mol. The van der Waals surface area contributed by atoms with Crippen LogP contribution in [-0.2, 0) is 16.1 Å². The molecule has 2 aliphatic rings. The van der Waals surface area contributed by atoms with Gasteiger partial charge in [-0.2, -0.15) is 0 Å². The number of amides is 3. The van der Waals surface area contributed by atoms with Crippen LogP contribution in [0.5, 0.6) is 0 Å². The van der Waals surface area contributed by atoms with Crippen LogP contribution in [0.3, 0.4) is 0 Å². The van der Waals surface area contributed by atoms with E-state index in [-0.39, 0.29) is 24.1 Å². The van der Waals surface area contributed by atoms with E-state index in [4.69, 9.17) is 0 Å². The van der Waals surface area contributed by atoms with Crippen molar-refractivity contribution in [3.63, 3.8) is 0 Å². The number of carbonyl (C=O) groups is 3. The molecule has 0 bridgehead atoms. The predicted molar refractivity (Wildman–Crippen MR) is 74.9 cm³/mol. The Morgan fingerprint density at radius 2 is 2.05 bits per heavy atom. The van der Waals surface area contributed by atoms with Crippen molar-refractivity contribution in [1.82, 2.24) is 10.2 Å². The van der Waals surface area contributed by atoms with E-state index in [1.807, 2.05) is 13.0 Å². The Hall–Kier alpha value is -1.69. The highest BCUT2D eigenvalue weighted by Gasteiger charge is 2.39. The van der Waals surface area contributed by atoms with E-state index in [1.165, 1.54) is 0 Å². The summed E-state index contributed by atoms with van der Waals surface area (Å²) in [6.45, 7) is 2.38. The lowest BCUT2D eigenvalue weighted by molar-refractivity contribution is -0.136. The van der Waals surface area contributed by atoms with Crippen LogP contribution in [-0.4, -0.2) is 28.7 Å². The molecule has 1 aromatic rings. The summed E-state index contributed by atoms with van der Waals surface area (Å²) in [4.78, 5) is 37.1. The van der Waals surface area contributed by atoms with Crippen molar-refractivity contribution in [2.45, 2.75) is 32.4 Å². The molecule has 0 spiro atoms. The molecule has 3 amide bonds. The summed E-state index contributed by atoms with van der Waals surface area (Å²) in [5, 5.41) is 2.30. The van der Waals surface area contributed by atoms with Crippen LogP contribution in [0.4, 0.5) is 0 Å². The fraction of sp³-hybridized carbons (Fsp3) is 0.357. The van der Waals surface area contributed by atoms with Crippen LogP contribution in [0.2, 0.25) is 0 Å². The molecule has 2 heterocycles. The highest BCUT2D eigenvalue weighted by Crippen LogP contribution is 2.31. The molecule has 2 aliphatic heterocycles. The van der Waals surface area contributed by atoms with Crippen LogP contribution in [0, 0.1) is 6.92 Å². The molecule has 1 fully saturated rings. The standard InChI is InChI=1S/C14H13BrN2O3/c1-7-4-8(15)5-9-10(7)6-17(14(9)20)11-2-3-12(18)16-13(11)19/h4-5,11H,2-3,6H2,1H3,(H,16,18,19). The van der Waals surface area contributed by atoms with E-state index in [0.29, 0.717) is 18.5 Å². The number of hydrogen-bond donors (Lipinski definition) is 1. The lowest BCUT2D eigenvalue weighted by atomic mass is 10.0. The first-order valence-corrected chi connectivity index (χ1v) is 7.20. The minimum atomic E-state index is -0.550. The maximum absolute atomic E-state index is 12.5. The normalized spacial score (nSPS) is 22.0. The molecule has 0 saturated carbocycles. The molecule has 1 saturated heterocycles. The maximum atomic E-state index is 12.5. The molecule has 1 atom stereocenters. The van der Waals surface area contributed by atoms with Gasteiger partial charge in [-0.1, -0.05) is 15.9 Å². The number of benzene rings is 1. The van der Waals surface area contributed by atoms with Gasteiger partial charge in [0.2, 0.25) is 11.8 Å². The fourth-order valence-corrected chi connectivity index (χ4v) is 3.37. The number of nitrogens with zero attached hydrogens (tertiary/aromatic N) is 1. The van der Waals surface area contributed by atoms with E-state index >= 15 is 0 Å². The average Bonchev–Trinajstić information content (AvgIpc) is 2.68. The fourth-order valence-electron chi connectivity index (χ4n) is 2.80. The van der Waals surface area contributed by atoms with Gasteiger partial charge in [-0.25, -0.2) is 0 Å². The summed E-state index contributed by atoms with van der Waals surface area (Å²) in [5.74, 6) is -0.785. The maximum Gasteiger partial charge on any atom is 0.255 e. The lowest BCUT2D eigenvalue weighted by Crippen LogP contribution is -2.52. The summed E-state index contributed by atoms with van der Waals surface area (Å²) in [7, 11) is 0. The number of aryl methyl sites for hydroxylation is 1. The van der Waals surface area contributed by atoms with Gasteiger partial charge in [-0.05, 0) is 36.6 Å². The monoisotopic (exact) mass is 336 g/mol. The zero-order valence-electron chi connectivity index (χ0n) is 10.9. The van der Waals surface area contributed by atoms with Crippen LogP contribution in [0.15, 0.2) is 16.6 Å². The Labute approximate surface area is 124 Å². The van der Waals surface area contributed by atoms with Crippen molar-refractivity contribution in [2.24, 2.45) is 0 Å². The van der Waals surface area contributed by atoms with E-state index in [1.54, 1.807) is 11.0 Å². The molecule has 6 heteroatoms. The number of carbonyl (C=O) groups excluding carboxylic acids is 3. The zero-order chi connectivity index (χ0) is 14.4. The Kier molecular flexibility index (Phi) is 3.12. The van der Waals surface area contributed by atoms with Crippen molar-refractivity contribution < 1.29 is 14.4 Å². The topological polar surface area (TPSA) is 66.5 Å². The molecule has 1 unspecified atom stereocenters. The van der Waals surface area contributed by atoms with Gasteiger partial charge in [0.15, 0.2) is 0 Å². The zero-order valence-corrected chi connectivity index (χ0v) is 12.5. The molecule has 104 valence electrons. The van der Waals surface area contributed by atoms with Gasteiger partial charge in [-0.3, -0.25) is 19.7 Å². The lowest BCUT2D eigenvalue weighted by Gasteiger charge is -2.29. The number of hydrogen-bond acceptors (Lipinski definition) is 3. The van der Waals surface area contributed by atoms with Crippen molar-refractivity contribution >= 4 is 33.7 Å². The van der Waals surface area contributed by atoms with Gasteiger partial charge >= 0.3 is 0 Å². The summed E-state index contributed by atoms with van der Waals surface area (Å²) < 4.78 is 0.854. The van der Waals surface area contributed by atoms with Crippen LogP contribution in [0.25, 0.3) is 0 Å². The predicted octanol–water partition coefficient (Wildman–Crippen LogP) is 1.52. The van der Waals surface area contributed by atoms with Gasteiger partial charge in [0.05, 0.1) is 0 Å². The largest absolute Gasteiger partial charge is 0.322 e. The SMILES string of the molecule is Cc1cc(Br)cc2c1CN(C1CCC(=O)NC1=O)C2=O. The number of rotatable bonds is 1. The first-order valence-electron chi connectivity index (χ1n) is 6.41. The molecule has 0 aliphatic carbocycles. The minimum Gasteiger partial charge on any atom is -0.322 e. The molecule has 0 aromatic heterocycles. The Morgan fingerprint density at radius 3 is 2.75 bits per heavy atom. The molecule has 3 rings (SSSR count). The van der Waals surface area contributed by atoms with E-state index in [0.717, 1.165) is 15.6 Å². The highest BCUT2D eigenvalue weighted by atomic mass is 79.9. The summed E-state index contributed by atoms with van der Waals surface area (Å²) in [5.41, 5.74) is 2.63. The van der Waals surface area contributed by atoms with Gasteiger partial charge in [0, 0.05) is 23.0 Å². The second-order valence-corrected chi connectivity index (χ2v) is 6.06. The van der Waals surface area contributed by atoms with E-state index in [2.05, 4.69) is 21.2 Å². The third-order valence-electron chi connectivity index (χ3n) is 3.84. The number of nitrogens with one attached hydrogen (secondary N) is 1.